The number of halogens is 1. The number of carbonyl (C=O) groups is 1. The van der Waals surface area contributed by atoms with Crippen LogP contribution >= 0.6 is 11.6 Å². The van der Waals surface area contributed by atoms with Crippen molar-refractivity contribution in [3.8, 4) is 0 Å². The van der Waals surface area contributed by atoms with Gasteiger partial charge in [0.2, 0.25) is 0 Å². The summed E-state index contributed by atoms with van der Waals surface area (Å²) in [7, 11) is 1.94. The molecule has 0 aliphatic carbocycles. The number of furan rings is 1. The zero-order chi connectivity index (χ0) is 15.0. The minimum Gasteiger partial charge on any atom is -0.451 e. The molecule has 1 atom stereocenters. The van der Waals surface area contributed by atoms with Gasteiger partial charge in [0.05, 0.1) is 0 Å². The van der Waals surface area contributed by atoms with Crippen LogP contribution in [-0.4, -0.2) is 37.0 Å². The molecule has 3 rings (SSSR count). The van der Waals surface area contributed by atoms with E-state index >= 15 is 0 Å². The van der Waals surface area contributed by atoms with Gasteiger partial charge in [-0.25, -0.2) is 0 Å². The van der Waals surface area contributed by atoms with Gasteiger partial charge in [0.25, 0.3) is 5.91 Å². The zero-order valence-electron chi connectivity index (χ0n) is 12.3. The Morgan fingerprint density at radius 3 is 3.05 bits per heavy atom. The first-order valence-corrected chi connectivity index (χ1v) is 7.63. The average Bonchev–Trinajstić information content (AvgIpc) is 2.83. The van der Waals surface area contributed by atoms with Crippen LogP contribution < -0.4 is 5.32 Å². The molecular formula is C16H19ClN2O2. The number of nitrogens with zero attached hydrogens (tertiary/aromatic N) is 1. The average molecular weight is 307 g/mol. The quantitative estimate of drug-likeness (QED) is 0.926. The van der Waals surface area contributed by atoms with Gasteiger partial charge >= 0.3 is 0 Å². The summed E-state index contributed by atoms with van der Waals surface area (Å²) in [6.45, 7) is 3.43. The van der Waals surface area contributed by atoms with Gasteiger partial charge in [0, 0.05) is 35.1 Å². The van der Waals surface area contributed by atoms with Crippen LogP contribution in [0.5, 0.6) is 0 Å². The van der Waals surface area contributed by atoms with Gasteiger partial charge < -0.3 is 14.6 Å². The molecule has 1 aromatic carbocycles. The number of likely N-dealkylation sites (N-methyl/N-ethyl adjacent to an activating group) is 1. The molecule has 1 aliphatic rings. The Morgan fingerprint density at radius 1 is 1.48 bits per heavy atom. The van der Waals surface area contributed by atoms with Crippen LogP contribution in [0.2, 0.25) is 5.02 Å². The van der Waals surface area contributed by atoms with E-state index in [-0.39, 0.29) is 5.91 Å². The number of aryl methyl sites for hydroxylation is 1. The van der Waals surface area contributed by atoms with Crippen LogP contribution in [0.4, 0.5) is 0 Å². The molecule has 0 radical (unpaired) electrons. The molecule has 0 unspecified atom stereocenters. The molecule has 1 aromatic heterocycles. The minimum atomic E-state index is -0.0280. The van der Waals surface area contributed by atoms with Gasteiger partial charge in [-0.3, -0.25) is 4.79 Å². The van der Waals surface area contributed by atoms with Gasteiger partial charge in [-0.05, 0) is 45.0 Å². The molecule has 1 saturated heterocycles. The summed E-state index contributed by atoms with van der Waals surface area (Å²) in [5.74, 6) is 0.406. The second kappa shape index (κ2) is 5.70. The van der Waals surface area contributed by atoms with Gasteiger partial charge in [-0.2, -0.15) is 0 Å². The highest BCUT2D eigenvalue weighted by atomic mass is 35.5. The molecule has 2 aromatic rings. The van der Waals surface area contributed by atoms with E-state index in [0.29, 0.717) is 22.4 Å². The van der Waals surface area contributed by atoms with Crippen molar-refractivity contribution in [3.05, 3.63) is 34.5 Å². The molecule has 1 fully saturated rings. The molecule has 0 saturated carbocycles. The first kappa shape index (κ1) is 14.4. The lowest BCUT2D eigenvalue weighted by molar-refractivity contribution is 0.0667. The molecule has 2 heterocycles. The number of piperidine rings is 1. The Hall–Kier alpha value is -1.52. The first-order chi connectivity index (χ1) is 10.1. The summed E-state index contributed by atoms with van der Waals surface area (Å²) >= 11 is 6.02. The van der Waals surface area contributed by atoms with Crippen molar-refractivity contribution in [3.63, 3.8) is 0 Å². The molecule has 0 bridgehead atoms. The second-order valence-corrected chi connectivity index (χ2v) is 6.01. The van der Waals surface area contributed by atoms with E-state index in [2.05, 4.69) is 5.32 Å². The van der Waals surface area contributed by atoms with Crippen LogP contribution in [0, 0.1) is 6.92 Å². The summed E-state index contributed by atoms with van der Waals surface area (Å²) < 4.78 is 5.77. The number of likely N-dealkylation sites (tertiary alicyclic amines) is 1. The van der Waals surface area contributed by atoms with Crippen LogP contribution in [0.1, 0.15) is 29.0 Å². The third-order valence-electron chi connectivity index (χ3n) is 4.21. The SMILES string of the molecule is CN[C@@H]1CCCN(C(=O)c2oc3ccc(Cl)cc3c2C)C1. The monoisotopic (exact) mass is 306 g/mol. The summed E-state index contributed by atoms with van der Waals surface area (Å²) in [6, 6.07) is 5.80. The lowest BCUT2D eigenvalue weighted by Crippen LogP contribution is -2.47. The maximum absolute atomic E-state index is 12.7. The van der Waals surface area contributed by atoms with Gasteiger partial charge in [-0.1, -0.05) is 11.6 Å². The topological polar surface area (TPSA) is 45.5 Å². The number of hydrogen-bond acceptors (Lipinski definition) is 3. The zero-order valence-corrected chi connectivity index (χ0v) is 13.0. The fraction of sp³-hybridized carbons (Fsp3) is 0.438. The summed E-state index contributed by atoms with van der Waals surface area (Å²) in [5, 5.41) is 4.81. The van der Waals surface area contributed by atoms with Crippen molar-refractivity contribution in [2.75, 3.05) is 20.1 Å². The van der Waals surface area contributed by atoms with E-state index in [4.69, 9.17) is 16.0 Å². The third kappa shape index (κ3) is 2.65. The van der Waals surface area contributed by atoms with Gasteiger partial charge in [-0.15, -0.1) is 0 Å². The maximum atomic E-state index is 12.7. The molecule has 21 heavy (non-hydrogen) atoms. The fourth-order valence-corrected chi connectivity index (χ4v) is 3.11. The number of carbonyl (C=O) groups excluding carboxylic acids is 1. The summed E-state index contributed by atoms with van der Waals surface area (Å²) in [6.07, 6.45) is 2.12. The molecule has 112 valence electrons. The van der Waals surface area contributed by atoms with Crippen LogP contribution in [0.25, 0.3) is 11.0 Å². The number of hydrogen-bond donors (Lipinski definition) is 1. The lowest BCUT2D eigenvalue weighted by atomic mass is 10.0. The fourth-order valence-electron chi connectivity index (χ4n) is 2.94. The van der Waals surface area contributed by atoms with E-state index in [1.54, 1.807) is 6.07 Å². The smallest absolute Gasteiger partial charge is 0.289 e. The first-order valence-electron chi connectivity index (χ1n) is 7.25. The molecule has 1 aliphatic heterocycles. The Bertz CT molecular complexity index is 680. The Morgan fingerprint density at radius 2 is 2.29 bits per heavy atom. The summed E-state index contributed by atoms with van der Waals surface area (Å²) in [5.41, 5.74) is 1.58. The minimum absolute atomic E-state index is 0.0280. The Balaban J connectivity index is 1.92. The molecule has 5 heteroatoms. The Labute approximate surface area is 129 Å². The molecule has 1 N–H and O–H groups in total. The van der Waals surface area contributed by atoms with E-state index in [9.17, 15) is 4.79 Å². The Kier molecular flexibility index (Phi) is 3.91. The van der Waals surface area contributed by atoms with E-state index in [0.717, 1.165) is 36.9 Å². The normalized spacial score (nSPS) is 19.2. The standard InChI is InChI=1S/C16H19ClN2O2/c1-10-13-8-11(17)5-6-14(13)21-15(10)16(20)19-7-3-4-12(9-19)18-2/h5-6,8,12,18H,3-4,7,9H2,1-2H3/t12-/m1/s1. The van der Waals surface area contributed by atoms with Crippen LogP contribution in [0.3, 0.4) is 0 Å². The van der Waals surface area contributed by atoms with Gasteiger partial charge in [0.1, 0.15) is 5.58 Å². The van der Waals surface area contributed by atoms with Crippen LogP contribution in [-0.2, 0) is 0 Å². The third-order valence-corrected chi connectivity index (χ3v) is 4.44. The lowest BCUT2D eigenvalue weighted by Gasteiger charge is -2.32. The van der Waals surface area contributed by atoms with Crippen molar-refractivity contribution in [1.82, 2.24) is 10.2 Å². The van der Waals surface area contributed by atoms with E-state index < -0.39 is 0 Å². The summed E-state index contributed by atoms with van der Waals surface area (Å²) in [4.78, 5) is 14.6. The van der Waals surface area contributed by atoms with Crippen LogP contribution in [0.15, 0.2) is 22.6 Å². The predicted octanol–water partition coefficient (Wildman–Crippen LogP) is 3.22. The maximum Gasteiger partial charge on any atom is 0.289 e. The van der Waals surface area contributed by atoms with E-state index in [1.807, 2.05) is 31.0 Å². The number of nitrogens with one attached hydrogen (secondary N) is 1. The second-order valence-electron chi connectivity index (χ2n) is 5.58. The number of benzene rings is 1. The highest BCUT2D eigenvalue weighted by Crippen LogP contribution is 2.29. The molecule has 1 amide bonds. The van der Waals surface area contributed by atoms with Gasteiger partial charge in [0.15, 0.2) is 5.76 Å². The van der Waals surface area contributed by atoms with Crippen molar-refractivity contribution in [2.45, 2.75) is 25.8 Å². The molecule has 4 nitrogen and oxygen atoms in total. The largest absolute Gasteiger partial charge is 0.451 e. The van der Waals surface area contributed by atoms with Crippen molar-refractivity contribution in [2.24, 2.45) is 0 Å². The highest BCUT2D eigenvalue weighted by molar-refractivity contribution is 6.31. The highest BCUT2D eigenvalue weighted by Gasteiger charge is 2.27. The number of rotatable bonds is 2. The van der Waals surface area contributed by atoms with Crippen molar-refractivity contribution >= 4 is 28.5 Å². The number of amides is 1. The van der Waals surface area contributed by atoms with Crippen molar-refractivity contribution in [1.29, 1.82) is 0 Å². The molecule has 0 spiro atoms. The number of fused-ring (bicyclic) bond motifs is 1. The van der Waals surface area contributed by atoms with E-state index in [1.165, 1.54) is 0 Å². The van der Waals surface area contributed by atoms with Crippen molar-refractivity contribution < 1.29 is 9.21 Å². The predicted molar refractivity (Wildman–Crippen MR) is 83.9 cm³/mol. The molecular weight excluding hydrogens is 288 g/mol.